The third-order valence-electron chi connectivity index (χ3n) is 3.28. The number of allylic oxidation sites excluding steroid dienone is 1. The minimum Gasteiger partial charge on any atom is -0.357 e. The van der Waals surface area contributed by atoms with Crippen LogP contribution in [0.3, 0.4) is 0 Å². The summed E-state index contributed by atoms with van der Waals surface area (Å²) in [5.74, 6) is 0.944. The van der Waals surface area contributed by atoms with Crippen LogP contribution in [0.15, 0.2) is 23.0 Å². The average molecular weight is 450 g/mol. The Morgan fingerprint density at radius 2 is 2.17 bits per heavy atom. The zero-order valence-corrected chi connectivity index (χ0v) is 18.2. The number of unbranched alkanes of at least 4 members (excludes halogenated alkanes) is 1. The number of hydrogen-bond donors (Lipinski definition) is 1. The summed E-state index contributed by atoms with van der Waals surface area (Å²) in [5.41, 5.74) is 1.25. The molecule has 23 heavy (non-hydrogen) atoms. The lowest BCUT2D eigenvalue weighted by Crippen LogP contribution is -2.39. The van der Waals surface area contributed by atoms with Gasteiger partial charge in [-0.2, -0.15) is 0 Å². The predicted molar refractivity (Wildman–Crippen MR) is 113 cm³/mol. The zero-order valence-electron chi connectivity index (χ0n) is 15.1. The van der Waals surface area contributed by atoms with Gasteiger partial charge in [-0.15, -0.1) is 41.9 Å². The molecule has 1 heterocycles. The number of aromatic nitrogens is 1. The van der Waals surface area contributed by atoms with Crippen LogP contribution in [0.1, 0.15) is 51.2 Å². The number of hydrogen-bond acceptors (Lipinski definition) is 3. The summed E-state index contributed by atoms with van der Waals surface area (Å²) >= 11 is 1.69. The molecule has 6 heteroatoms. The zero-order chi connectivity index (χ0) is 16.6. The molecule has 0 fully saturated rings. The lowest BCUT2D eigenvalue weighted by Gasteiger charge is -2.21. The van der Waals surface area contributed by atoms with Crippen molar-refractivity contribution in [2.45, 2.75) is 52.5 Å². The largest absolute Gasteiger partial charge is 0.357 e. The maximum absolute atomic E-state index is 4.71. The molecule has 0 saturated carbocycles. The fourth-order valence-electron chi connectivity index (χ4n) is 1.92. The van der Waals surface area contributed by atoms with Crippen LogP contribution in [0.4, 0.5) is 0 Å². The number of aliphatic imine (C=N–C) groups is 1. The van der Waals surface area contributed by atoms with Crippen LogP contribution < -0.4 is 5.32 Å². The highest BCUT2D eigenvalue weighted by atomic mass is 127. The molecule has 0 aliphatic rings. The van der Waals surface area contributed by atoms with Crippen molar-refractivity contribution in [1.29, 1.82) is 0 Å². The van der Waals surface area contributed by atoms with Crippen LogP contribution in [0.2, 0.25) is 0 Å². The molecular formula is C17H31IN4S. The van der Waals surface area contributed by atoms with Crippen molar-refractivity contribution in [3.05, 3.63) is 28.7 Å². The van der Waals surface area contributed by atoms with Crippen LogP contribution in [0.5, 0.6) is 0 Å². The quantitative estimate of drug-likeness (QED) is 0.220. The predicted octanol–water partition coefficient (Wildman–Crippen LogP) is 4.42. The summed E-state index contributed by atoms with van der Waals surface area (Å²) in [4.78, 5) is 11.6. The molecule has 1 N–H and O–H groups in total. The van der Waals surface area contributed by atoms with E-state index < -0.39 is 0 Å². The first kappa shape index (κ1) is 22.4. The Bertz CT molecular complexity index is 491. The van der Waals surface area contributed by atoms with Crippen molar-refractivity contribution < 1.29 is 0 Å². The van der Waals surface area contributed by atoms with Crippen molar-refractivity contribution in [3.63, 3.8) is 0 Å². The normalized spacial score (nSPS) is 11.8. The standard InChI is InChI=1S/C17H30N4S.HI/c1-7-9-10-11-21(6)16(18-8-2)19-12-15-20-14(13-22-15)17(3,4)5;/h7,13H,1,8-12H2,2-6H3,(H,18,19);1H. The molecule has 1 rings (SSSR count). The minimum absolute atomic E-state index is 0. The summed E-state index contributed by atoms with van der Waals surface area (Å²) in [6.07, 6.45) is 4.09. The molecule has 0 atom stereocenters. The SMILES string of the molecule is C=CCCCN(C)C(=NCc1nc(C(C)(C)C)cs1)NCC.I. The number of nitrogens with one attached hydrogen (secondary N) is 1. The average Bonchev–Trinajstić information content (AvgIpc) is 2.92. The van der Waals surface area contributed by atoms with Crippen LogP contribution in [0.25, 0.3) is 0 Å². The first-order chi connectivity index (χ1) is 10.4. The topological polar surface area (TPSA) is 40.5 Å². The molecule has 0 bridgehead atoms. The number of rotatable bonds is 7. The van der Waals surface area contributed by atoms with Crippen LogP contribution in [0, 0.1) is 0 Å². The molecule has 0 radical (unpaired) electrons. The molecule has 0 amide bonds. The van der Waals surface area contributed by atoms with E-state index in [0.29, 0.717) is 6.54 Å². The van der Waals surface area contributed by atoms with E-state index in [9.17, 15) is 0 Å². The van der Waals surface area contributed by atoms with E-state index in [-0.39, 0.29) is 29.4 Å². The van der Waals surface area contributed by atoms with Crippen molar-refractivity contribution in [3.8, 4) is 0 Å². The molecular weight excluding hydrogens is 419 g/mol. The smallest absolute Gasteiger partial charge is 0.194 e. The summed E-state index contributed by atoms with van der Waals surface area (Å²) in [7, 11) is 2.08. The molecule has 0 aliphatic carbocycles. The second-order valence-electron chi connectivity index (χ2n) is 6.40. The number of thiazole rings is 1. The number of guanidine groups is 1. The van der Waals surface area contributed by atoms with Gasteiger partial charge in [-0.25, -0.2) is 9.98 Å². The van der Waals surface area contributed by atoms with Gasteiger partial charge in [0, 0.05) is 30.9 Å². The first-order valence-corrected chi connectivity index (χ1v) is 8.81. The second-order valence-corrected chi connectivity index (χ2v) is 7.34. The molecule has 0 spiro atoms. The summed E-state index contributed by atoms with van der Waals surface area (Å²) in [6, 6.07) is 0. The first-order valence-electron chi connectivity index (χ1n) is 7.93. The van der Waals surface area contributed by atoms with E-state index in [1.54, 1.807) is 11.3 Å². The molecule has 4 nitrogen and oxygen atoms in total. The van der Waals surface area contributed by atoms with E-state index in [4.69, 9.17) is 9.98 Å². The Labute approximate surface area is 162 Å². The fraction of sp³-hybridized carbons (Fsp3) is 0.647. The Morgan fingerprint density at radius 3 is 2.70 bits per heavy atom. The third kappa shape index (κ3) is 8.15. The highest BCUT2D eigenvalue weighted by molar-refractivity contribution is 14.0. The van der Waals surface area contributed by atoms with E-state index in [0.717, 1.165) is 42.6 Å². The van der Waals surface area contributed by atoms with Crippen LogP contribution in [-0.4, -0.2) is 36.0 Å². The second kappa shape index (κ2) is 11.0. The van der Waals surface area contributed by atoms with Gasteiger partial charge in [0.25, 0.3) is 0 Å². The van der Waals surface area contributed by atoms with Gasteiger partial charge in [0.1, 0.15) is 5.01 Å². The fourth-order valence-corrected chi connectivity index (χ4v) is 2.86. The maximum Gasteiger partial charge on any atom is 0.194 e. The molecule has 0 aromatic carbocycles. The van der Waals surface area contributed by atoms with E-state index in [1.807, 2.05) is 6.08 Å². The molecule has 132 valence electrons. The van der Waals surface area contributed by atoms with Crippen molar-refractivity contribution in [1.82, 2.24) is 15.2 Å². The Hall–Kier alpha value is -0.630. The summed E-state index contributed by atoms with van der Waals surface area (Å²) < 4.78 is 0. The lowest BCUT2D eigenvalue weighted by molar-refractivity contribution is 0.470. The molecule has 0 saturated heterocycles. The molecule has 1 aromatic rings. The Balaban J connectivity index is 0.00000484. The summed E-state index contributed by atoms with van der Waals surface area (Å²) in [5, 5.41) is 6.56. The maximum atomic E-state index is 4.71. The van der Waals surface area contributed by atoms with Gasteiger partial charge in [-0.05, 0) is 19.8 Å². The van der Waals surface area contributed by atoms with Crippen molar-refractivity contribution >= 4 is 41.3 Å². The van der Waals surface area contributed by atoms with Gasteiger partial charge in [0.2, 0.25) is 0 Å². The molecule has 1 aromatic heterocycles. The van der Waals surface area contributed by atoms with Crippen molar-refractivity contribution in [2.24, 2.45) is 4.99 Å². The number of halogens is 1. The minimum atomic E-state index is 0. The van der Waals surface area contributed by atoms with Crippen LogP contribution in [-0.2, 0) is 12.0 Å². The van der Waals surface area contributed by atoms with Gasteiger partial charge >= 0.3 is 0 Å². The highest BCUT2D eigenvalue weighted by Gasteiger charge is 2.17. The Kier molecular flexibility index (Phi) is 10.7. The van der Waals surface area contributed by atoms with Gasteiger partial charge < -0.3 is 10.2 Å². The third-order valence-corrected chi connectivity index (χ3v) is 4.12. The van der Waals surface area contributed by atoms with Crippen LogP contribution >= 0.6 is 35.3 Å². The molecule has 0 aliphatic heterocycles. The Morgan fingerprint density at radius 1 is 1.48 bits per heavy atom. The molecule has 0 unspecified atom stereocenters. The van der Waals surface area contributed by atoms with Crippen molar-refractivity contribution in [2.75, 3.05) is 20.1 Å². The van der Waals surface area contributed by atoms with Gasteiger partial charge in [-0.1, -0.05) is 26.8 Å². The monoisotopic (exact) mass is 450 g/mol. The van der Waals surface area contributed by atoms with E-state index in [1.165, 1.54) is 0 Å². The van der Waals surface area contributed by atoms with E-state index >= 15 is 0 Å². The van der Waals surface area contributed by atoms with E-state index in [2.05, 4.69) is 56.9 Å². The van der Waals surface area contributed by atoms with Gasteiger partial charge in [0.05, 0.1) is 12.2 Å². The highest BCUT2D eigenvalue weighted by Crippen LogP contribution is 2.24. The summed E-state index contributed by atoms with van der Waals surface area (Å²) in [6.45, 7) is 14.9. The lowest BCUT2D eigenvalue weighted by atomic mass is 9.93. The number of nitrogens with zero attached hydrogens (tertiary/aromatic N) is 3. The van der Waals surface area contributed by atoms with Gasteiger partial charge in [-0.3, -0.25) is 0 Å². The van der Waals surface area contributed by atoms with Gasteiger partial charge in [0.15, 0.2) is 5.96 Å².